The van der Waals surface area contributed by atoms with Gasteiger partial charge in [-0.15, -0.1) is 0 Å². The Labute approximate surface area is 282 Å². The number of carbonyl (C=O) groups excluding carboxylic acids is 2. The summed E-state index contributed by atoms with van der Waals surface area (Å²) in [5.41, 5.74) is -4.98. The maximum Gasteiger partial charge on any atom is 0.424 e. The van der Waals surface area contributed by atoms with E-state index in [0.717, 1.165) is 31.0 Å². The largest absolute Gasteiger partial charge is 0.489 e. The number of alkyl halides is 3. The minimum atomic E-state index is -5.37. The number of furan rings is 1. The zero-order chi connectivity index (χ0) is 35.3. The van der Waals surface area contributed by atoms with Gasteiger partial charge in [-0.2, -0.15) is 13.2 Å². The van der Waals surface area contributed by atoms with Crippen LogP contribution in [0.5, 0.6) is 11.5 Å². The van der Waals surface area contributed by atoms with Gasteiger partial charge in [0, 0.05) is 40.4 Å². The molecule has 3 N–H and O–H groups in total. The maximum absolute atomic E-state index is 15.0. The number of fused-ring (bicyclic) bond motifs is 2. The van der Waals surface area contributed by atoms with E-state index in [1.54, 1.807) is 24.4 Å². The van der Waals surface area contributed by atoms with Crippen LogP contribution >= 0.6 is 0 Å². The Morgan fingerprint density at radius 2 is 1.86 bits per heavy atom. The first-order chi connectivity index (χ1) is 23.9. The van der Waals surface area contributed by atoms with Crippen LogP contribution in [0.25, 0.3) is 22.2 Å². The number of hydrogen-bond acceptors (Lipinski definition) is 8. The van der Waals surface area contributed by atoms with Crippen molar-refractivity contribution in [3.05, 3.63) is 108 Å². The molecule has 2 atom stereocenters. The summed E-state index contributed by atoms with van der Waals surface area (Å²) in [5, 5.41) is 17.0. The van der Waals surface area contributed by atoms with Crippen molar-refractivity contribution in [3.8, 4) is 22.8 Å². The summed E-state index contributed by atoms with van der Waals surface area (Å²) in [5.74, 6) is -1.76. The first-order valence-electron chi connectivity index (χ1n) is 15.7. The number of aromatic nitrogens is 2. The molecule has 14 heteroatoms. The summed E-state index contributed by atoms with van der Waals surface area (Å²) >= 11 is 0. The van der Waals surface area contributed by atoms with E-state index >= 15 is 0 Å². The van der Waals surface area contributed by atoms with Gasteiger partial charge < -0.3 is 29.6 Å². The molecule has 7 rings (SSSR count). The third-order valence-electron chi connectivity index (χ3n) is 8.87. The number of nitrogens with one attached hydrogen (secondary N) is 2. The van der Waals surface area contributed by atoms with Crippen LogP contribution in [0.3, 0.4) is 0 Å². The molecule has 258 valence electrons. The highest BCUT2D eigenvalue weighted by Crippen LogP contribution is 2.48. The fourth-order valence-corrected chi connectivity index (χ4v) is 5.75. The smallest absolute Gasteiger partial charge is 0.424 e. The van der Waals surface area contributed by atoms with E-state index in [0.29, 0.717) is 22.2 Å². The van der Waals surface area contributed by atoms with Gasteiger partial charge in [-0.3, -0.25) is 14.6 Å². The Morgan fingerprint density at radius 1 is 1.08 bits per heavy atom. The number of ether oxygens (including phenoxy) is 2. The van der Waals surface area contributed by atoms with E-state index in [1.165, 1.54) is 43.7 Å². The minimum absolute atomic E-state index is 0.00263. The highest BCUT2D eigenvalue weighted by atomic mass is 19.4. The number of halogens is 4. The molecule has 1 unspecified atom stereocenters. The second-order valence-corrected chi connectivity index (χ2v) is 12.6. The van der Waals surface area contributed by atoms with Crippen LogP contribution in [0, 0.1) is 5.82 Å². The minimum Gasteiger partial charge on any atom is -0.489 e. The van der Waals surface area contributed by atoms with Crippen LogP contribution in [0.2, 0.25) is 0 Å². The van der Waals surface area contributed by atoms with Crippen LogP contribution < -0.4 is 20.1 Å². The van der Waals surface area contributed by atoms with Gasteiger partial charge in [0.25, 0.3) is 5.91 Å². The van der Waals surface area contributed by atoms with Crippen LogP contribution in [0.4, 0.5) is 17.6 Å². The van der Waals surface area contributed by atoms with E-state index < -0.39 is 47.1 Å². The van der Waals surface area contributed by atoms with Crippen LogP contribution in [-0.2, 0) is 22.4 Å². The Hall–Kier alpha value is -5.50. The molecular formula is C36H30F4N4O6. The standard InChI is InChI=1S/C36H30F4N4O6/c1-34(33(46)42-16-20-10-12-48-17-20)19-49-31-26(34)15-28(44-30(31)21-4-6-24(37)7-5-21)35(47,36(38,39)40)18-43-32(45)23-13-22-3-2-11-41-29(22)27(14-23)50-25-8-9-25/h2-7,10-15,17,25,47H,8-9,16,18-19H2,1H3,(H,42,46)(H,43,45)/t34-,35?/m0/s1. The molecule has 4 heterocycles. The summed E-state index contributed by atoms with van der Waals surface area (Å²) in [6.07, 6.45) is 0.670. The van der Waals surface area contributed by atoms with Crippen LogP contribution in [0.15, 0.2) is 83.8 Å². The van der Waals surface area contributed by atoms with Gasteiger partial charge in [0.05, 0.1) is 30.9 Å². The lowest BCUT2D eigenvalue weighted by Crippen LogP contribution is -2.52. The van der Waals surface area contributed by atoms with Gasteiger partial charge in [0.1, 0.15) is 40.5 Å². The van der Waals surface area contributed by atoms with Crippen molar-refractivity contribution in [2.75, 3.05) is 13.2 Å². The fraction of sp³-hybridized carbons (Fsp3) is 0.278. The number of benzene rings is 2. The average molecular weight is 691 g/mol. The molecule has 0 radical (unpaired) electrons. The van der Waals surface area contributed by atoms with Gasteiger partial charge in [-0.05, 0) is 74.4 Å². The number of aliphatic hydroxyl groups is 1. The molecule has 2 aromatic carbocycles. The van der Waals surface area contributed by atoms with Crippen molar-refractivity contribution in [2.45, 2.75) is 49.6 Å². The lowest BCUT2D eigenvalue weighted by Gasteiger charge is -2.31. The van der Waals surface area contributed by atoms with Crippen molar-refractivity contribution >= 4 is 22.7 Å². The lowest BCUT2D eigenvalue weighted by atomic mass is 9.81. The molecule has 0 spiro atoms. The van der Waals surface area contributed by atoms with Gasteiger partial charge >= 0.3 is 6.18 Å². The maximum atomic E-state index is 15.0. The Morgan fingerprint density at radius 3 is 2.56 bits per heavy atom. The molecular weight excluding hydrogens is 660 g/mol. The first kappa shape index (κ1) is 33.0. The van der Waals surface area contributed by atoms with Crippen LogP contribution in [-0.4, -0.2) is 52.3 Å². The Bertz CT molecular complexity index is 2090. The fourth-order valence-electron chi connectivity index (χ4n) is 5.75. The predicted molar refractivity (Wildman–Crippen MR) is 171 cm³/mol. The van der Waals surface area contributed by atoms with E-state index in [-0.39, 0.29) is 47.4 Å². The molecule has 0 bridgehead atoms. The van der Waals surface area contributed by atoms with Crippen molar-refractivity contribution in [2.24, 2.45) is 0 Å². The van der Waals surface area contributed by atoms with Crippen molar-refractivity contribution < 1.29 is 46.1 Å². The van der Waals surface area contributed by atoms with Gasteiger partial charge in [-0.25, -0.2) is 9.37 Å². The monoisotopic (exact) mass is 690 g/mol. The summed E-state index contributed by atoms with van der Waals surface area (Å²) in [4.78, 5) is 35.5. The predicted octanol–water partition coefficient (Wildman–Crippen LogP) is 5.72. The molecule has 1 aliphatic carbocycles. The third kappa shape index (κ3) is 6.10. The first-order valence-corrected chi connectivity index (χ1v) is 15.7. The molecule has 50 heavy (non-hydrogen) atoms. The zero-order valence-corrected chi connectivity index (χ0v) is 26.5. The zero-order valence-electron chi connectivity index (χ0n) is 26.5. The average Bonchev–Trinajstić information content (AvgIpc) is 3.63. The van der Waals surface area contributed by atoms with Crippen molar-refractivity contribution in [1.29, 1.82) is 0 Å². The van der Waals surface area contributed by atoms with E-state index in [1.807, 2.05) is 0 Å². The SMILES string of the molecule is C[C@]1(C(=O)NCc2ccoc2)COc2c1cc(C(O)(CNC(=O)c1cc(OC3CC3)c3ncccc3c1)C(F)(F)F)nc2-c1ccc(F)cc1. The van der Waals surface area contributed by atoms with Gasteiger partial charge in [0.2, 0.25) is 11.5 Å². The molecule has 2 aliphatic rings. The molecule has 0 saturated heterocycles. The van der Waals surface area contributed by atoms with Gasteiger partial charge in [0.15, 0.2) is 0 Å². The Kier molecular flexibility index (Phi) is 8.21. The topological polar surface area (TPSA) is 136 Å². The summed E-state index contributed by atoms with van der Waals surface area (Å²) in [6.45, 7) is -0.0356. The van der Waals surface area contributed by atoms with Gasteiger partial charge in [-0.1, -0.05) is 6.07 Å². The Balaban J connectivity index is 1.26. The number of amides is 2. The number of carbonyl (C=O) groups is 2. The quantitative estimate of drug-likeness (QED) is 0.159. The molecule has 2 amide bonds. The summed E-state index contributed by atoms with van der Waals surface area (Å²) in [7, 11) is 0. The lowest BCUT2D eigenvalue weighted by molar-refractivity contribution is -0.265. The number of pyridine rings is 2. The summed E-state index contributed by atoms with van der Waals surface area (Å²) < 4.78 is 75.7. The molecule has 1 saturated carbocycles. The molecule has 5 aromatic rings. The van der Waals surface area contributed by atoms with Crippen molar-refractivity contribution in [1.82, 2.24) is 20.6 Å². The highest BCUT2D eigenvalue weighted by molar-refractivity contribution is 6.00. The van der Waals surface area contributed by atoms with E-state index in [4.69, 9.17) is 13.9 Å². The highest BCUT2D eigenvalue weighted by Gasteiger charge is 2.58. The molecule has 3 aromatic heterocycles. The summed E-state index contributed by atoms with van der Waals surface area (Å²) in [6, 6.07) is 13.6. The van der Waals surface area contributed by atoms with E-state index in [2.05, 4.69) is 20.6 Å². The number of rotatable bonds is 10. The van der Waals surface area contributed by atoms with E-state index in [9.17, 15) is 32.3 Å². The third-order valence-corrected chi connectivity index (χ3v) is 8.87. The normalized spacial score (nSPS) is 18.2. The second-order valence-electron chi connectivity index (χ2n) is 12.6. The molecule has 10 nitrogen and oxygen atoms in total. The van der Waals surface area contributed by atoms with Crippen molar-refractivity contribution in [3.63, 3.8) is 0 Å². The number of nitrogens with zero attached hydrogens (tertiary/aromatic N) is 2. The molecule has 1 fully saturated rings. The van der Waals surface area contributed by atoms with Crippen LogP contribution in [0.1, 0.15) is 46.9 Å². The number of hydrogen-bond donors (Lipinski definition) is 3. The second kappa shape index (κ2) is 12.4. The molecule has 1 aliphatic heterocycles.